The number of nitrogens with zero attached hydrogens (tertiary/aromatic N) is 2. The summed E-state index contributed by atoms with van der Waals surface area (Å²) in [4.78, 5) is 0. The lowest BCUT2D eigenvalue weighted by Crippen LogP contribution is -2.16. The van der Waals surface area contributed by atoms with E-state index in [1.807, 2.05) is 60.7 Å². The van der Waals surface area contributed by atoms with Crippen molar-refractivity contribution in [3.05, 3.63) is 98.7 Å². The number of rotatable bonds is 7. The highest BCUT2D eigenvalue weighted by Gasteiger charge is 2.11. The van der Waals surface area contributed by atoms with Crippen molar-refractivity contribution >= 4 is 35.4 Å². The van der Waals surface area contributed by atoms with Crippen LogP contribution < -0.4 is 10.2 Å². The van der Waals surface area contributed by atoms with Crippen LogP contribution in [0, 0.1) is 4.77 Å². The molecule has 1 aromatic heterocycles. The molecular weight excluding hydrogens is 439 g/mol. The number of hydrogen-bond donors (Lipinski definition) is 2. The maximum absolute atomic E-state index is 6.26. The topological polar surface area (TPSA) is 54.9 Å². The Kier molecular flexibility index (Phi) is 6.38. The van der Waals surface area contributed by atoms with E-state index in [1.165, 1.54) is 0 Å². The van der Waals surface area contributed by atoms with Crippen molar-refractivity contribution in [3.63, 3.8) is 0 Å². The maximum atomic E-state index is 6.26. The molecule has 4 rings (SSSR count). The standard InChI is InChI=1S/C22H18Cl2N4OS/c23-18-10-6-11-19(24)17(18)14-29-20-12-5-4-9-16(20)13-25-28-21(26-27-22(28)30)15-7-2-1-3-8-15/h1-12,25H,13-14H2,(H,27,30). The molecule has 0 saturated carbocycles. The normalized spacial score (nSPS) is 10.7. The van der Waals surface area contributed by atoms with Gasteiger partial charge in [0, 0.05) is 26.7 Å². The zero-order valence-corrected chi connectivity index (χ0v) is 18.1. The molecule has 0 radical (unpaired) electrons. The minimum absolute atomic E-state index is 0.274. The summed E-state index contributed by atoms with van der Waals surface area (Å²) in [5, 5.41) is 8.34. The largest absolute Gasteiger partial charge is 0.488 e. The van der Waals surface area contributed by atoms with Gasteiger partial charge in [-0.2, -0.15) is 5.10 Å². The lowest BCUT2D eigenvalue weighted by molar-refractivity contribution is 0.303. The molecule has 5 nitrogen and oxygen atoms in total. The molecule has 0 saturated heterocycles. The van der Waals surface area contributed by atoms with Crippen LogP contribution in [-0.2, 0) is 13.2 Å². The highest BCUT2D eigenvalue weighted by molar-refractivity contribution is 7.71. The van der Waals surface area contributed by atoms with Crippen LogP contribution in [0.1, 0.15) is 11.1 Å². The molecule has 0 spiro atoms. The van der Waals surface area contributed by atoms with E-state index in [1.54, 1.807) is 16.8 Å². The molecule has 2 N–H and O–H groups in total. The Hall–Kier alpha value is -2.80. The number of ether oxygens (including phenoxy) is 1. The van der Waals surface area contributed by atoms with Gasteiger partial charge in [-0.1, -0.05) is 77.8 Å². The molecule has 0 fully saturated rings. The second kappa shape index (κ2) is 9.34. The molecule has 1 heterocycles. The summed E-state index contributed by atoms with van der Waals surface area (Å²) in [6.45, 7) is 0.760. The van der Waals surface area contributed by atoms with Crippen molar-refractivity contribution in [1.29, 1.82) is 0 Å². The van der Waals surface area contributed by atoms with Gasteiger partial charge in [0.1, 0.15) is 12.4 Å². The van der Waals surface area contributed by atoms with Gasteiger partial charge in [0.25, 0.3) is 0 Å². The second-order valence-electron chi connectivity index (χ2n) is 6.49. The average Bonchev–Trinajstić information content (AvgIpc) is 3.13. The number of aromatic nitrogens is 3. The van der Waals surface area contributed by atoms with Crippen molar-refractivity contribution in [1.82, 2.24) is 14.9 Å². The van der Waals surface area contributed by atoms with Crippen LogP contribution in [0.4, 0.5) is 0 Å². The van der Waals surface area contributed by atoms with Gasteiger partial charge in [-0.15, -0.1) is 0 Å². The van der Waals surface area contributed by atoms with E-state index in [2.05, 4.69) is 15.6 Å². The van der Waals surface area contributed by atoms with E-state index in [0.29, 0.717) is 27.2 Å². The van der Waals surface area contributed by atoms with Gasteiger partial charge in [0.15, 0.2) is 5.82 Å². The third-order valence-electron chi connectivity index (χ3n) is 4.54. The number of aromatic amines is 1. The second-order valence-corrected chi connectivity index (χ2v) is 7.69. The van der Waals surface area contributed by atoms with Gasteiger partial charge in [0.05, 0.1) is 6.54 Å². The van der Waals surface area contributed by atoms with Crippen LogP contribution in [-0.4, -0.2) is 14.9 Å². The van der Waals surface area contributed by atoms with Crippen molar-refractivity contribution in [3.8, 4) is 17.1 Å². The molecule has 0 amide bonds. The molecule has 0 atom stereocenters. The molecular formula is C22H18Cl2N4OS. The number of benzene rings is 3. The first kappa shape index (κ1) is 20.5. The van der Waals surface area contributed by atoms with Gasteiger partial charge in [-0.05, 0) is 30.4 Å². The van der Waals surface area contributed by atoms with Crippen molar-refractivity contribution in [2.24, 2.45) is 0 Å². The van der Waals surface area contributed by atoms with Crippen molar-refractivity contribution in [2.45, 2.75) is 13.2 Å². The number of para-hydroxylation sites is 1. The minimum atomic E-state index is 0.274. The Balaban J connectivity index is 1.52. The predicted molar refractivity (Wildman–Crippen MR) is 123 cm³/mol. The lowest BCUT2D eigenvalue weighted by atomic mass is 10.2. The minimum Gasteiger partial charge on any atom is -0.488 e. The summed E-state index contributed by atoms with van der Waals surface area (Å²) in [6.07, 6.45) is 0. The summed E-state index contributed by atoms with van der Waals surface area (Å²) in [5.74, 6) is 1.44. The van der Waals surface area contributed by atoms with Crippen LogP contribution in [0.2, 0.25) is 10.0 Å². The predicted octanol–water partition coefficient (Wildman–Crippen LogP) is 6.24. The highest BCUT2D eigenvalue weighted by atomic mass is 35.5. The number of halogens is 2. The molecule has 0 aliphatic heterocycles. The summed E-state index contributed by atoms with van der Waals surface area (Å²) in [6, 6.07) is 23.0. The third-order valence-corrected chi connectivity index (χ3v) is 5.52. The van der Waals surface area contributed by atoms with E-state index in [-0.39, 0.29) is 6.61 Å². The Morgan fingerprint density at radius 2 is 1.63 bits per heavy atom. The molecule has 0 bridgehead atoms. The Labute approximate surface area is 189 Å². The number of H-pyrrole nitrogens is 1. The average molecular weight is 457 g/mol. The summed E-state index contributed by atoms with van der Waals surface area (Å²) in [7, 11) is 0. The zero-order valence-electron chi connectivity index (χ0n) is 15.8. The van der Waals surface area contributed by atoms with Gasteiger partial charge < -0.3 is 10.2 Å². The molecule has 0 unspecified atom stereocenters. The monoisotopic (exact) mass is 456 g/mol. The van der Waals surface area contributed by atoms with Gasteiger partial charge in [0.2, 0.25) is 4.77 Å². The van der Waals surface area contributed by atoms with E-state index in [4.69, 9.17) is 40.2 Å². The maximum Gasteiger partial charge on any atom is 0.214 e. The van der Waals surface area contributed by atoms with E-state index in [0.717, 1.165) is 22.4 Å². The Morgan fingerprint density at radius 3 is 2.40 bits per heavy atom. The van der Waals surface area contributed by atoms with E-state index < -0.39 is 0 Å². The van der Waals surface area contributed by atoms with E-state index >= 15 is 0 Å². The third kappa shape index (κ3) is 4.51. The molecule has 3 aromatic carbocycles. The van der Waals surface area contributed by atoms with Gasteiger partial charge >= 0.3 is 0 Å². The Bertz CT molecular complexity index is 1190. The molecule has 0 aliphatic rings. The lowest BCUT2D eigenvalue weighted by Gasteiger charge is -2.15. The summed E-state index contributed by atoms with van der Waals surface area (Å²) >= 11 is 17.9. The Morgan fingerprint density at radius 1 is 0.933 bits per heavy atom. The van der Waals surface area contributed by atoms with Gasteiger partial charge in [-0.25, -0.2) is 9.77 Å². The van der Waals surface area contributed by atoms with Crippen LogP contribution >= 0.6 is 35.4 Å². The summed E-state index contributed by atoms with van der Waals surface area (Å²) in [5.41, 5.74) is 6.00. The van der Waals surface area contributed by atoms with Crippen LogP contribution in [0.3, 0.4) is 0 Å². The molecule has 4 aromatic rings. The molecule has 30 heavy (non-hydrogen) atoms. The smallest absolute Gasteiger partial charge is 0.214 e. The fraction of sp³-hybridized carbons (Fsp3) is 0.0909. The summed E-state index contributed by atoms with van der Waals surface area (Å²) < 4.78 is 8.27. The first-order chi connectivity index (χ1) is 14.6. The van der Waals surface area contributed by atoms with Gasteiger partial charge in [-0.3, -0.25) is 0 Å². The fourth-order valence-electron chi connectivity index (χ4n) is 3.00. The van der Waals surface area contributed by atoms with Crippen LogP contribution in [0.15, 0.2) is 72.8 Å². The quantitative estimate of drug-likeness (QED) is 0.323. The first-order valence-corrected chi connectivity index (χ1v) is 10.4. The molecule has 152 valence electrons. The van der Waals surface area contributed by atoms with E-state index in [9.17, 15) is 0 Å². The first-order valence-electron chi connectivity index (χ1n) is 9.24. The molecule has 0 aliphatic carbocycles. The van der Waals surface area contributed by atoms with Crippen LogP contribution in [0.25, 0.3) is 11.4 Å². The van der Waals surface area contributed by atoms with Crippen molar-refractivity contribution < 1.29 is 4.74 Å². The highest BCUT2D eigenvalue weighted by Crippen LogP contribution is 2.27. The van der Waals surface area contributed by atoms with Crippen molar-refractivity contribution in [2.75, 3.05) is 5.43 Å². The SMILES string of the molecule is S=c1[nH]nc(-c2ccccc2)n1NCc1ccccc1OCc1c(Cl)cccc1Cl. The molecule has 8 heteroatoms. The van der Waals surface area contributed by atoms with Crippen LogP contribution in [0.5, 0.6) is 5.75 Å². The fourth-order valence-corrected chi connectivity index (χ4v) is 3.70. The number of nitrogens with one attached hydrogen (secondary N) is 2. The zero-order chi connectivity index (χ0) is 20.9. The number of hydrogen-bond acceptors (Lipinski definition) is 4.